The summed E-state index contributed by atoms with van der Waals surface area (Å²) in [7, 11) is 1.60. The number of rotatable bonds is 8. The van der Waals surface area contributed by atoms with Crippen LogP contribution in [0.1, 0.15) is 19.3 Å². The van der Waals surface area contributed by atoms with Gasteiger partial charge in [-0.15, -0.1) is 0 Å². The molecule has 102 valence electrons. The lowest BCUT2D eigenvalue weighted by Gasteiger charge is -2.24. The third-order valence-corrected chi connectivity index (χ3v) is 2.84. The van der Waals surface area contributed by atoms with Crippen LogP contribution in [0.5, 0.6) is 0 Å². The van der Waals surface area contributed by atoms with Crippen LogP contribution in [-0.2, 0) is 9.36 Å². The number of carboxylic acids is 1. The summed E-state index contributed by atoms with van der Waals surface area (Å²) in [6.07, 6.45) is 1.63. The Hall–Kier alpha value is -0.460. The first-order chi connectivity index (χ1) is 7.51. The lowest BCUT2D eigenvalue weighted by Crippen LogP contribution is -2.36. The highest BCUT2D eigenvalue weighted by molar-refractivity contribution is 7.49. The molecule has 1 atom stereocenters. The van der Waals surface area contributed by atoms with E-state index >= 15 is 0 Å². The number of nitrogens with one attached hydrogen (secondary N) is 1. The molecule has 0 heterocycles. The molecule has 0 radical (unpaired) electrons. The van der Waals surface area contributed by atoms with E-state index in [4.69, 9.17) is 14.9 Å². The van der Waals surface area contributed by atoms with E-state index in [0.717, 1.165) is 17.4 Å². The fourth-order valence-electron chi connectivity index (χ4n) is 1.38. The number of quaternary nitrogens is 1. The Morgan fingerprint density at radius 3 is 2.18 bits per heavy atom. The molecular weight excluding hydrogens is 247 g/mol. The number of hydrogen-bond acceptors (Lipinski definition) is 2. The number of nitrogens with zero attached hydrogens (tertiary/aromatic N) is 1. The highest BCUT2D eigenvalue weighted by atomic mass is 31.2. The molecule has 0 aromatic rings. The molecule has 0 bridgehead atoms. The van der Waals surface area contributed by atoms with Gasteiger partial charge in [-0.3, -0.25) is 4.79 Å². The molecule has 0 aliphatic rings. The van der Waals surface area contributed by atoms with Gasteiger partial charge in [0.15, 0.2) is 0 Å². The first-order valence-electron chi connectivity index (χ1n) is 5.38. The van der Waals surface area contributed by atoms with Crippen molar-refractivity contribution in [1.82, 2.24) is 5.09 Å². The molecule has 0 aromatic carbocycles. The molecular formula is C9H22N2O5P+. The molecule has 0 spiro atoms. The second kappa shape index (κ2) is 6.47. The van der Waals surface area contributed by atoms with Crippen molar-refractivity contribution in [3.05, 3.63) is 0 Å². The average Bonchev–Trinajstić information content (AvgIpc) is 2.06. The largest absolute Gasteiger partial charge is 0.480 e. The number of carbonyl (C=O) groups is 1. The maximum absolute atomic E-state index is 10.8. The van der Waals surface area contributed by atoms with Crippen molar-refractivity contribution in [2.24, 2.45) is 0 Å². The Labute approximate surface area is 101 Å². The van der Waals surface area contributed by atoms with Crippen LogP contribution in [-0.4, -0.2) is 59.1 Å². The topological polar surface area (TPSA) is 107 Å². The smallest absolute Gasteiger partial charge is 0.401 e. The highest BCUT2D eigenvalue weighted by Gasteiger charge is 2.25. The average molecular weight is 269 g/mol. The third-order valence-electron chi connectivity index (χ3n) is 2.19. The first kappa shape index (κ1) is 16.5. The van der Waals surface area contributed by atoms with E-state index < -0.39 is 19.8 Å². The summed E-state index contributed by atoms with van der Waals surface area (Å²) < 4.78 is 11.4. The van der Waals surface area contributed by atoms with Crippen molar-refractivity contribution in [2.75, 3.05) is 27.7 Å². The SMILES string of the molecule is C[N+](C)(C)CCCC[C@H](NP(=O)(O)O)C(=O)O. The molecule has 0 fully saturated rings. The zero-order valence-corrected chi connectivity index (χ0v) is 11.4. The van der Waals surface area contributed by atoms with Crippen molar-refractivity contribution in [3.8, 4) is 0 Å². The van der Waals surface area contributed by atoms with Gasteiger partial charge in [-0.1, -0.05) is 0 Å². The van der Waals surface area contributed by atoms with Crippen molar-refractivity contribution in [1.29, 1.82) is 0 Å². The molecule has 7 nitrogen and oxygen atoms in total. The van der Waals surface area contributed by atoms with Gasteiger partial charge in [0, 0.05) is 0 Å². The van der Waals surface area contributed by atoms with Gasteiger partial charge in [0.1, 0.15) is 6.04 Å². The molecule has 0 amide bonds. The summed E-state index contributed by atoms with van der Waals surface area (Å²) in [6.45, 7) is 0.891. The van der Waals surface area contributed by atoms with Gasteiger partial charge in [-0.25, -0.2) is 9.65 Å². The number of hydrogen-bond donors (Lipinski definition) is 4. The first-order valence-corrected chi connectivity index (χ1v) is 6.99. The van der Waals surface area contributed by atoms with E-state index in [-0.39, 0.29) is 6.42 Å². The van der Waals surface area contributed by atoms with Gasteiger partial charge < -0.3 is 19.4 Å². The lowest BCUT2D eigenvalue weighted by atomic mass is 10.1. The molecule has 0 saturated carbocycles. The predicted octanol–water partition coefficient (Wildman–Crippen LogP) is -0.00160. The second-order valence-corrected chi connectivity index (χ2v) is 6.42. The predicted molar refractivity (Wildman–Crippen MR) is 63.4 cm³/mol. The summed E-state index contributed by atoms with van der Waals surface area (Å²) in [5, 5.41) is 10.6. The van der Waals surface area contributed by atoms with E-state index in [0.29, 0.717) is 6.42 Å². The van der Waals surface area contributed by atoms with E-state index in [1.807, 2.05) is 26.2 Å². The zero-order valence-electron chi connectivity index (χ0n) is 10.5. The second-order valence-electron chi connectivity index (χ2n) is 5.07. The van der Waals surface area contributed by atoms with Gasteiger partial charge in [-0.05, 0) is 19.3 Å². The minimum absolute atomic E-state index is 0.209. The molecule has 0 saturated heterocycles. The fraction of sp³-hybridized carbons (Fsp3) is 0.889. The molecule has 8 heteroatoms. The third kappa shape index (κ3) is 10.4. The normalized spacial score (nSPS) is 14.6. The van der Waals surface area contributed by atoms with Crippen LogP contribution >= 0.6 is 7.75 Å². The van der Waals surface area contributed by atoms with Gasteiger partial charge in [-0.2, -0.15) is 0 Å². The maximum Gasteiger partial charge on any atom is 0.401 e. The van der Waals surface area contributed by atoms with E-state index in [1.165, 1.54) is 0 Å². The van der Waals surface area contributed by atoms with Crippen LogP contribution in [0.2, 0.25) is 0 Å². The Morgan fingerprint density at radius 1 is 1.29 bits per heavy atom. The minimum atomic E-state index is -4.49. The van der Waals surface area contributed by atoms with E-state index in [9.17, 15) is 9.36 Å². The van der Waals surface area contributed by atoms with Crippen LogP contribution in [0.25, 0.3) is 0 Å². The van der Waals surface area contributed by atoms with Crippen molar-refractivity contribution < 1.29 is 28.7 Å². The molecule has 0 aliphatic heterocycles. The van der Waals surface area contributed by atoms with Crippen LogP contribution in [0.15, 0.2) is 0 Å². The standard InChI is InChI=1S/C9H21N2O5P/c1-11(2,3)7-5-4-6-8(9(12)13)10-17(14,15)16/h8H,4-7H2,1-3H3,(H3-,10,12,13,14,15,16)/p+1/t8-/m0/s1. The Bertz CT molecular complexity index is 296. The Kier molecular flexibility index (Phi) is 6.29. The Morgan fingerprint density at radius 2 is 1.82 bits per heavy atom. The molecule has 0 aromatic heterocycles. The lowest BCUT2D eigenvalue weighted by molar-refractivity contribution is -0.870. The van der Waals surface area contributed by atoms with Crippen LogP contribution in [0, 0.1) is 0 Å². The summed E-state index contributed by atoms with van der Waals surface area (Å²) in [5.74, 6) is -1.24. The van der Waals surface area contributed by atoms with E-state index in [1.54, 1.807) is 0 Å². The van der Waals surface area contributed by atoms with Crippen LogP contribution in [0.4, 0.5) is 0 Å². The highest BCUT2D eigenvalue weighted by Crippen LogP contribution is 2.30. The van der Waals surface area contributed by atoms with Gasteiger partial charge >= 0.3 is 13.7 Å². The Balaban J connectivity index is 4.04. The maximum atomic E-state index is 10.8. The fourth-order valence-corrected chi connectivity index (χ4v) is 2.03. The van der Waals surface area contributed by atoms with Crippen LogP contribution < -0.4 is 5.09 Å². The molecule has 4 N–H and O–H groups in total. The zero-order chi connectivity index (χ0) is 13.7. The molecule has 0 rings (SSSR count). The summed E-state index contributed by atoms with van der Waals surface area (Å²) >= 11 is 0. The quantitative estimate of drug-likeness (QED) is 0.281. The summed E-state index contributed by atoms with van der Waals surface area (Å²) in [5.41, 5.74) is 0. The summed E-state index contributed by atoms with van der Waals surface area (Å²) in [6, 6.07) is -1.19. The number of carboxylic acid groups (broad SMARTS) is 1. The van der Waals surface area contributed by atoms with Gasteiger partial charge in [0.25, 0.3) is 0 Å². The van der Waals surface area contributed by atoms with Crippen molar-refractivity contribution >= 4 is 13.7 Å². The van der Waals surface area contributed by atoms with Gasteiger partial charge in [0.2, 0.25) is 0 Å². The molecule has 17 heavy (non-hydrogen) atoms. The molecule has 0 unspecified atom stereocenters. The monoisotopic (exact) mass is 269 g/mol. The minimum Gasteiger partial charge on any atom is -0.480 e. The number of unbranched alkanes of at least 4 members (excludes halogenated alkanes) is 1. The van der Waals surface area contributed by atoms with Crippen molar-refractivity contribution in [2.45, 2.75) is 25.3 Å². The van der Waals surface area contributed by atoms with Crippen molar-refractivity contribution in [3.63, 3.8) is 0 Å². The molecule has 0 aliphatic carbocycles. The van der Waals surface area contributed by atoms with E-state index in [2.05, 4.69) is 0 Å². The van der Waals surface area contributed by atoms with Crippen LogP contribution in [0.3, 0.4) is 0 Å². The number of aliphatic carboxylic acids is 1. The summed E-state index contributed by atoms with van der Waals surface area (Å²) in [4.78, 5) is 28.1. The van der Waals surface area contributed by atoms with Gasteiger partial charge in [0.05, 0.1) is 27.7 Å².